The highest BCUT2D eigenvalue weighted by atomic mass is 31.2. The molecule has 0 aromatic rings. The van der Waals surface area contributed by atoms with Gasteiger partial charge in [-0.1, -0.05) is 364 Å². The van der Waals surface area contributed by atoms with Crippen LogP contribution in [0.5, 0.6) is 0 Å². The molecule has 0 aromatic carbocycles. The van der Waals surface area contributed by atoms with E-state index in [2.05, 4.69) is 74.6 Å². The van der Waals surface area contributed by atoms with Crippen molar-refractivity contribution >= 4 is 19.8 Å². The van der Waals surface area contributed by atoms with Crippen molar-refractivity contribution in [2.75, 3.05) is 47.5 Å². The van der Waals surface area contributed by atoms with Gasteiger partial charge in [0.05, 0.1) is 27.7 Å². The highest BCUT2D eigenvalue weighted by Gasteiger charge is 2.22. The standard InChI is InChI=1S/C78H146NO8P/c1-6-8-10-12-14-16-18-20-22-24-26-28-30-32-33-34-35-36-37-38-39-40-41-42-43-44-45-47-48-50-52-54-56-58-60-62-64-66-68-70-77(80)84-74-76(75-86-88(82,83)85-73-72-79(3,4)5)87-78(81)71-69-67-65-63-61-59-57-55-53-51-49-46-31-29-27-25-23-21-19-17-15-13-11-9-7-2/h9,11,15,17,21,23,27,29,46,49,76H,6-8,10,12-14,16,18-20,22,24-26,28,30-45,47-48,50-75H2,1-5H3/b11-9-,17-15-,23-21-,29-27-,49-46-. The molecule has 2 unspecified atom stereocenters. The molecule has 10 heteroatoms. The second-order valence-corrected chi connectivity index (χ2v) is 28.4. The largest absolute Gasteiger partial charge is 0.756 e. The normalized spacial score (nSPS) is 13.4. The fourth-order valence-corrected chi connectivity index (χ4v) is 12.0. The third kappa shape index (κ3) is 72.8. The topological polar surface area (TPSA) is 111 Å². The van der Waals surface area contributed by atoms with Crippen LogP contribution in [0.1, 0.15) is 373 Å². The summed E-state index contributed by atoms with van der Waals surface area (Å²) in [5.41, 5.74) is 0. The van der Waals surface area contributed by atoms with Gasteiger partial charge in [0, 0.05) is 12.8 Å². The smallest absolute Gasteiger partial charge is 0.306 e. The minimum atomic E-state index is -4.65. The average Bonchev–Trinajstić information content (AvgIpc) is 3.57. The van der Waals surface area contributed by atoms with Crippen molar-refractivity contribution in [3.05, 3.63) is 60.8 Å². The van der Waals surface area contributed by atoms with Crippen LogP contribution in [0.4, 0.5) is 0 Å². The van der Waals surface area contributed by atoms with E-state index in [1.54, 1.807) is 0 Å². The Morgan fingerprint density at radius 1 is 0.364 bits per heavy atom. The third-order valence-corrected chi connectivity index (χ3v) is 18.0. The predicted octanol–water partition coefficient (Wildman–Crippen LogP) is 24.3. The fourth-order valence-electron chi connectivity index (χ4n) is 11.3. The van der Waals surface area contributed by atoms with E-state index in [9.17, 15) is 19.0 Å². The van der Waals surface area contributed by atoms with Crippen LogP contribution in [0.15, 0.2) is 60.8 Å². The van der Waals surface area contributed by atoms with E-state index >= 15 is 0 Å². The van der Waals surface area contributed by atoms with Gasteiger partial charge in [-0.2, -0.15) is 0 Å². The number of likely N-dealkylation sites (N-methyl/N-ethyl adjacent to an activating group) is 1. The van der Waals surface area contributed by atoms with Gasteiger partial charge >= 0.3 is 11.9 Å². The van der Waals surface area contributed by atoms with Crippen LogP contribution in [-0.4, -0.2) is 70.0 Å². The van der Waals surface area contributed by atoms with Crippen LogP contribution >= 0.6 is 7.82 Å². The summed E-state index contributed by atoms with van der Waals surface area (Å²) in [6.45, 7) is 4.18. The molecule has 9 nitrogen and oxygen atoms in total. The summed E-state index contributed by atoms with van der Waals surface area (Å²) in [5, 5.41) is 0. The summed E-state index contributed by atoms with van der Waals surface area (Å²) in [6.07, 6.45) is 92.0. The third-order valence-electron chi connectivity index (χ3n) is 17.1. The zero-order chi connectivity index (χ0) is 64.1. The van der Waals surface area contributed by atoms with Crippen molar-refractivity contribution in [3.63, 3.8) is 0 Å². The molecule has 0 amide bonds. The van der Waals surface area contributed by atoms with Gasteiger partial charge in [-0.15, -0.1) is 0 Å². The van der Waals surface area contributed by atoms with Crippen LogP contribution in [0.2, 0.25) is 0 Å². The lowest BCUT2D eigenvalue weighted by molar-refractivity contribution is -0.870. The Bertz CT molecular complexity index is 1670. The molecule has 0 aliphatic rings. The zero-order valence-corrected chi connectivity index (χ0v) is 59.8. The lowest BCUT2D eigenvalue weighted by Crippen LogP contribution is -2.37. The van der Waals surface area contributed by atoms with Gasteiger partial charge in [-0.25, -0.2) is 0 Å². The first-order valence-corrected chi connectivity index (χ1v) is 39.5. The molecule has 0 spiro atoms. The number of carbonyl (C=O) groups is 2. The van der Waals surface area contributed by atoms with Gasteiger partial charge in [-0.05, 0) is 57.8 Å². The zero-order valence-electron chi connectivity index (χ0n) is 58.9. The number of ether oxygens (including phenoxy) is 2. The average molecular weight is 1260 g/mol. The van der Waals surface area contributed by atoms with E-state index in [0.717, 1.165) is 77.0 Å². The van der Waals surface area contributed by atoms with Gasteiger partial charge in [0.15, 0.2) is 6.10 Å². The van der Waals surface area contributed by atoms with Gasteiger partial charge < -0.3 is 27.9 Å². The quantitative estimate of drug-likeness (QED) is 0.0195. The van der Waals surface area contributed by atoms with E-state index in [1.807, 2.05) is 21.1 Å². The number of rotatable bonds is 71. The maximum absolute atomic E-state index is 12.9. The summed E-state index contributed by atoms with van der Waals surface area (Å²) in [7, 11) is 1.17. The van der Waals surface area contributed by atoms with Crippen LogP contribution in [0, 0.1) is 0 Å². The number of quaternary nitrogens is 1. The lowest BCUT2D eigenvalue weighted by atomic mass is 10.0. The number of hydrogen-bond donors (Lipinski definition) is 0. The Labute approximate surface area is 546 Å². The highest BCUT2D eigenvalue weighted by molar-refractivity contribution is 7.45. The first-order valence-electron chi connectivity index (χ1n) is 38.0. The molecule has 0 radical (unpaired) electrons. The molecule has 0 rings (SSSR count). The van der Waals surface area contributed by atoms with Crippen molar-refractivity contribution in [1.29, 1.82) is 0 Å². The Morgan fingerprint density at radius 3 is 0.966 bits per heavy atom. The van der Waals surface area contributed by atoms with E-state index in [0.29, 0.717) is 17.4 Å². The number of esters is 2. The first kappa shape index (κ1) is 85.7. The molecule has 88 heavy (non-hydrogen) atoms. The summed E-state index contributed by atoms with van der Waals surface area (Å²) in [5.74, 6) is -0.826. The number of nitrogens with zero attached hydrogens (tertiary/aromatic N) is 1. The minimum Gasteiger partial charge on any atom is -0.756 e. The van der Waals surface area contributed by atoms with E-state index in [-0.39, 0.29) is 32.0 Å². The van der Waals surface area contributed by atoms with Crippen LogP contribution in [0.25, 0.3) is 0 Å². The monoisotopic (exact) mass is 1260 g/mol. The maximum atomic E-state index is 12.9. The molecule has 0 saturated carbocycles. The molecule has 0 aromatic heterocycles. The van der Waals surface area contributed by atoms with Gasteiger partial charge in [0.1, 0.15) is 19.8 Å². The number of phosphoric ester groups is 1. The molecule has 0 aliphatic heterocycles. The number of phosphoric acid groups is 1. The first-order chi connectivity index (χ1) is 43.0. The van der Waals surface area contributed by atoms with Crippen molar-refractivity contribution in [2.45, 2.75) is 380 Å². The van der Waals surface area contributed by atoms with E-state index in [4.69, 9.17) is 18.5 Å². The van der Waals surface area contributed by atoms with E-state index in [1.165, 1.54) is 263 Å². The van der Waals surface area contributed by atoms with Crippen molar-refractivity contribution < 1.29 is 42.1 Å². The second-order valence-electron chi connectivity index (χ2n) is 27.0. The summed E-state index contributed by atoms with van der Waals surface area (Å²) >= 11 is 0. The number of unbranched alkanes of at least 4 members (excludes halogenated alkanes) is 47. The van der Waals surface area contributed by atoms with Gasteiger partial charge in [0.2, 0.25) is 0 Å². The Hall–Kier alpha value is -2.29. The molecule has 0 saturated heterocycles. The SMILES string of the molecule is CC/C=C\C/C=C\C/C=C\C/C=C\C/C=C\CCCCCCCCCCCC(=O)OC(COC(=O)CCCCCCCCCCCCCCCCCCCCCCCCCCCCCCCCCCCCCCCCC)COP(=O)([O-])OCC[N+](C)(C)C. The molecule has 0 heterocycles. The van der Waals surface area contributed by atoms with Crippen LogP contribution in [0.3, 0.4) is 0 Å². The van der Waals surface area contributed by atoms with Crippen molar-refractivity contribution in [1.82, 2.24) is 0 Å². The Morgan fingerprint density at radius 2 is 0.648 bits per heavy atom. The van der Waals surface area contributed by atoms with Crippen molar-refractivity contribution in [2.24, 2.45) is 0 Å². The van der Waals surface area contributed by atoms with Crippen molar-refractivity contribution in [3.8, 4) is 0 Å². The lowest BCUT2D eigenvalue weighted by Gasteiger charge is -2.28. The predicted molar refractivity (Wildman–Crippen MR) is 379 cm³/mol. The molecule has 2 atom stereocenters. The van der Waals surface area contributed by atoms with Crippen LogP contribution < -0.4 is 4.89 Å². The number of carbonyl (C=O) groups excluding carboxylic acids is 2. The Balaban J connectivity index is 3.91. The molecule has 516 valence electrons. The minimum absolute atomic E-state index is 0.0324. The number of allylic oxidation sites excluding steroid dienone is 10. The summed E-state index contributed by atoms with van der Waals surface area (Å²) in [6, 6.07) is 0. The maximum Gasteiger partial charge on any atom is 0.306 e. The molecular weight excluding hydrogens is 1110 g/mol. The number of hydrogen-bond acceptors (Lipinski definition) is 8. The van der Waals surface area contributed by atoms with Gasteiger partial charge in [-0.3, -0.25) is 14.2 Å². The molecule has 0 fully saturated rings. The molecule has 0 N–H and O–H groups in total. The second kappa shape index (κ2) is 69.1. The summed E-state index contributed by atoms with van der Waals surface area (Å²) < 4.78 is 34.3. The van der Waals surface area contributed by atoms with Gasteiger partial charge in [0.25, 0.3) is 7.82 Å². The van der Waals surface area contributed by atoms with E-state index < -0.39 is 26.5 Å². The summed E-state index contributed by atoms with van der Waals surface area (Å²) in [4.78, 5) is 38.1. The molecule has 0 aliphatic carbocycles. The molecule has 0 bridgehead atoms. The van der Waals surface area contributed by atoms with Crippen LogP contribution in [-0.2, 0) is 32.7 Å². The molecular formula is C78H146NO8P. The Kier molecular flexibility index (Phi) is 67.3. The fraction of sp³-hybridized carbons (Fsp3) is 0.846. The highest BCUT2D eigenvalue weighted by Crippen LogP contribution is 2.38.